The van der Waals surface area contributed by atoms with Gasteiger partial charge in [-0.25, -0.2) is 0 Å². The second-order valence-corrected chi connectivity index (χ2v) is 8.99. The van der Waals surface area contributed by atoms with Crippen LogP contribution in [0.15, 0.2) is 83.8 Å². The average Bonchev–Trinajstić information content (AvgIpc) is 2.82. The van der Waals surface area contributed by atoms with Gasteiger partial charge in [-0.15, -0.1) is 11.8 Å². The predicted octanol–water partition coefficient (Wildman–Crippen LogP) is 5.13. The first-order valence-electron chi connectivity index (χ1n) is 10.5. The van der Waals surface area contributed by atoms with E-state index in [1.807, 2.05) is 79.7 Å². The number of carbonyl (C=O) groups is 2. The van der Waals surface area contributed by atoms with E-state index in [1.165, 1.54) is 17.3 Å². The summed E-state index contributed by atoms with van der Waals surface area (Å²) in [6, 6.07) is 24.6. The van der Waals surface area contributed by atoms with Gasteiger partial charge in [0.1, 0.15) is 6.04 Å². The normalized spacial score (nSPS) is 11.6. The molecule has 0 saturated heterocycles. The number of benzene rings is 3. The average molecular weight is 467 g/mol. The summed E-state index contributed by atoms with van der Waals surface area (Å²) in [5.41, 5.74) is 2.97. The molecule has 3 aromatic rings. The fourth-order valence-corrected chi connectivity index (χ4v) is 4.37. The van der Waals surface area contributed by atoms with Gasteiger partial charge >= 0.3 is 0 Å². The van der Waals surface area contributed by atoms with Crippen molar-refractivity contribution >= 4 is 35.2 Å². The highest BCUT2D eigenvalue weighted by molar-refractivity contribution is 8.00. The van der Waals surface area contributed by atoms with Crippen molar-refractivity contribution in [2.75, 3.05) is 12.8 Å². The number of nitrogens with zero attached hydrogens (tertiary/aromatic N) is 1. The third kappa shape index (κ3) is 6.62. The van der Waals surface area contributed by atoms with E-state index in [0.29, 0.717) is 11.4 Å². The molecule has 0 saturated carbocycles. The van der Waals surface area contributed by atoms with E-state index in [1.54, 1.807) is 18.0 Å². The molecule has 0 fully saturated rings. The maximum Gasteiger partial charge on any atom is 0.242 e. The standard InChI is InChI=1S/C26H27ClN2O2S/c1-19-12-14-22(15-13-19)32-18-25(30)29(17-21-10-6-7-11-23(21)27)24(26(31)28-2)16-20-8-4-3-5-9-20/h3-15,24H,16-18H2,1-2H3,(H,28,31)/t24-/m0/s1. The van der Waals surface area contributed by atoms with Gasteiger partial charge in [-0.2, -0.15) is 0 Å². The highest BCUT2D eigenvalue weighted by Gasteiger charge is 2.30. The number of hydrogen-bond donors (Lipinski definition) is 1. The van der Waals surface area contributed by atoms with Crippen molar-refractivity contribution in [3.8, 4) is 0 Å². The number of rotatable bonds is 9. The number of thioether (sulfide) groups is 1. The molecule has 0 radical (unpaired) electrons. The summed E-state index contributed by atoms with van der Waals surface area (Å²) in [5, 5.41) is 3.30. The molecule has 166 valence electrons. The number of amides is 2. The lowest BCUT2D eigenvalue weighted by Crippen LogP contribution is -2.50. The Balaban J connectivity index is 1.87. The Morgan fingerprint density at radius 1 is 0.969 bits per heavy atom. The monoisotopic (exact) mass is 466 g/mol. The molecule has 0 aromatic heterocycles. The van der Waals surface area contributed by atoms with Crippen LogP contribution >= 0.6 is 23.4 Å². The smallest absolute Gasteiger partial charge is 0.242 e. The zero-order valence-electron chi connectivity index (χ0n) is 18.3. The first-order chi connectivity index (χ1) is 15.5. The van der Waals surface area contributed by atoms with Crippen LogP contribution in [0.25, 0.3) is 0 Å². The van der Waals surface area contributed by atoms with E-state index in [4.69, 9.17) is 11.6 Å². The van der Waals surface area contributed by atoms with E-state index in [2.05, 4.69) is 5.32 Å². The SMILES string of the molecule is CNC(=O)[C@H](Cc1ccccc1)N(Cc1ccccc1Cl)C(=O)CSc1ccc(C)cc1. The van der Waals surface area contributed by atoms with Crippen LogP contribution in [0.4, 0.5) is 0 Å². The lowest BCUT2D eigenvalue weighted by Gasteiger charge is -2.31. The topological polar surface area (TPSA) is 49.4 Å². The van der Waals surface area contributed by atoms with Gasteiger partial charge in [-0.3, -0.25) is 9.59 Å². The Morgan fingerprint density at radius 2 is 1.62 bits per heavy atom. The molecule has 2 amide bonds. The number of carbonyl (C=O) groups excluding carboxylic acids is 2. The molecule has 1 atom stereocenters. The predicted molar refractivity (Wildman–Crippen MR) is 132 cm³/mol. The zero-order valence-corrected chi connectivity index (χ0v) is 19.8. The fourth-order valence-electron chi connectivity index (χ4n) is 3.39. The number of aryl methyl sites for hydroxylation is 1. The summed E-state index contributed by atoms with van der Waals surface area (Å²) in [7, 11) is 1.60. The lowest BCUT2D eigenvalue weighted by molar-refractivity contribution is -0.139. The van der Waals surface area contributed by atoms with Crippen molar-refractivity contribution < 1.29 is 9.59 Å². The molecule has 3 aromatic carbocycles. The second kappa shape index (κ2) is 11.7. The summed E-state index contributed by atoms with van der Waals surface area (Å²) >= 11 is 7.86. The number of nitrogens with one attached hydrogen (secondary N) is 1. The van der Waals surface area contributed by atoms with Crippen molar-refractivity contribution in [1.29, 1.82) is 0 Å². The highest BCUT2D eigenvalue weighted by atomic mass is 35.5. The molecule has 32 heavy (non-hydrogen) atoms. The zero-order chi connectivity index (χ0) is 22.9. The van der Waals surface area contributed by atoms with Gasteiger partial charge in [-0.05, 0) is 36.2 Å². The molecule has 1 N–H and O–H groups in total. The molecule has 3 rings (SSSR count). The Morgan fingerprint density at radius 3 is 2.28 bits per heavy atom. The first kappa shape index (κ1) is 23.9. The largest absolute Gasteiger partial charge is 0.357 e. The Kier molecular flexibility index (Phi) is 8.77. The van der Waals surface area contributed by atoms with Crippen molar-refractivity contribution in [2.24, 2.45) is 0 Å². The molecule has 0 aliphatic heterocycles. The van der Waals surface area contributed by atoms with Crippen molar-refractivity contribution in [1.82, 2.24) is 10.2 Å². The third-order valence-electron chi connectivity index (χ3n) is 5.20. The van der Waals surface area contributed by atoms with Gasteiger partial charge in [0.15, 0.2) is 0 Å². The Bertz CT molecular complexity index is 1040. The molecule has 0 bridgehead atoms. The fraction of sp³-hybridized carbons (Fsp3) is 0.231. The van der Waals surface area contributed by atoms with Gasteiger partial charge in [-0.1, -0.05) is 77.8 Å². The molecule has 0 heterocycles. The van der Waals surface area contributed by atoms with Gasteiger partial charge in [0.25, 0.3) is 0 Å². The summed E-state index contributed by atoms with van der Waals surface area (Å²) in [6.07, 6.45) is 0.423. The lowest BCUT2D eigenvalue weighted by atomic mass is 10.0. The van der Waals surface area contributed by atoms with Gasteiger partial charge in [0.05, 0.1) is 5.75 Å². The molecule has 0 aliphatic rings. The van der Waals surface area contributed by atoms with E-state index in [-0.39, 0.29) is 24.1 Å². The van der Waals surface area contributed by atoms with E-state index in [9.17, 15) is 9.59 Å². The molecule has 6 heteroatoms. The first-order valence-corrected chi connectivity index (χ1v) is 11.8. The van der Waals surface area contributed by atoms with E-state index < -0.39 is 6.04 Å². The van der Waals surface area contributed by atoms with Gasteiger partial charge < -0.3 is 10.2 Å². The summed E-state index contributed by atoms with van der Waals surface area (Å²) < 4.78 is 0. The van der Waals surface area contributed by atoms with Gasteiger partial charge in [0.2, 0.25) is 11.8 Å². The minimum Gasteiger partial charge on any atom is -0.357 e. The van der Waals surface area contributed by atoms with Crippen molar-refractivity contribution in [3.05, 3.63) is 101 Å². The quantitative estimate of drug-likeness (QED) is 0.445. The number of halogens is 1. The Hall–Kier alpha value is -2.76. The minimum absolute atomic E-state index is 0.111. The minimum atomic E-state index is -0.648. The van der Waals surface area contributed by atoms with Crippen LogP contribution in [0.1, 0.15) is 16.7 Å². The number of hydrogen-bond acceptors (Lipinski definition) is 3. The number of likely N-dealkylation sites (N-methyl/N-ethyl adjacent to an activating group) is 1. The highest BCUT2D eigenvalue weighted by Crippen LogP contribution is 2.23. The molecule has 0 unspecified atom stereocenters. The van der Waals surface area contributed by atoms with Crippen LogP contribution in [0.3, 0.4) is 0 Å². The van der Waals surface area contributed by atoms with Crippen molar-refractivity contribution in [3.63, 3.8) is 0 Å². The molecule has 0 aliphatic carbocycles. The molecular formula is C26H27ClN2O2S. The van der Waals surface area contributed by atoms with E-state index >= 15 is 0 Å². The summed E-state index contributed by atoms with van der Waals surface area (Å²) in [5.74, 6) is -0.0786. The molecule has 4 nitrogen and oxygen atoms in total. The van der Waals surface area contributed by atoms with Crippen LogP contribution in [-0.2, 0) is 22.6 Å². The maximum atomic E-state index is 13.4. The van der Waals surface area contributed by atoms with Crippen LogP contribution < -0.4 is 5.32 Å². The summed E-state index contributed by atoms with van der Waals surface area (Å²) in [4.78, 5) is 29.0. The van der Waals surface area contributed by atoms with E-state index in [0.717, 1.165) is 16.0 Å². The maximum absolute atomic E-state index is 13.4. The van der Waals surface area contributed by atoms with Gasteiger partial charge in [0, 0.05) is 29.9 Å². The van der Waals surface area contributed by atoms with Crippen LogP contribution in [0, 0.1) is 6.92 Å². The second-order valence-electron chi connectivity index (χ2n) is 7.53. The van der Waals surface area contributed by atoms with Crippen LogP contribution in [-0.4, -0.2) is 35.6 Å². The molecular weight excluding hydrogens is 440 g/mol. The van der Waals surface area contributed by atoms with Crippen LogP contribution in [0.5, 0.6) is 0 Å². The van der Waals surface area contributed by atoms with Crippen molar-refractivity contribution in [2.45, 2.75) is 30.8 Å². The summed E-state index contributed by atoms with van der Waals surface area (Å²) in [6.45, 7) is 2.29. The third-order valence-corrected chi connectivity index (χ3v) is 6.56. The molecule has 0 spiro atoms. The van der Waals surface area contributed by atoms with Crippen LogP contribution in [0.2, 0.25) is 5.02 Å². The Labute approximate surface area is 199 Å².